The van der Waals surface area contributed by atoms with Crippen molar-refractivity contribution in [3.63, 3.8) is 0 Å². The van der Waals surface area contributed by atoms with Crippen molar-refractivity contribution < 1.29 is 18.7 Å². The summed E-state index contributed by atoms with van der Waals surface area (Å²) >= 11 is 0. The van der Waals surface area contributed by atoms with Crippen molar-refractivity contribution in [2.24, 2.45) is 5.73 Å². The zero-order chi connectivity index (χ0) is 27.8. The molecule has 0 bridgehead atoms. The molecule has 4 rings (SSSR count). The molecule has 2 aromatic carbocycles. The first kappa shape index (κ1) is 27.3. The Morgan fingerprint density at radius 1 is 1.00 bits per heavy atom. The number of urea groups is 1. The van der Waals surface area contributed by atoms with Gasteiger partial charge in [-0.25, -0.2) is 14.2 Å². The summed E-state index contributed by atoms with van der Waals surface area (Å²) in [5.74, 6) is 0.314. The number of amides is 3. The molecule has 202 valence electrons. The van der Waals surface area contributed by atoms with Crippen molar-refractivity contribution in [1.82, 2.24) is 20.4 Å². The minimum Gasteiger partial charge on any atom is -0.457 e. The van der Waals surface area contributed by atoms with Crippen LogP contribution < -0.4 is 26.5 Å². The second kappa shape index (κ2) is 12.7. The first-order valence-corrected chi connectivity index (χ1v) is 12.4. The molecule has 0 atom stereocenters. The number of rotatable bonds is 10. The number of pyridine rings is 1. The van der Waals surface area contributed by atoms with E-state index in [4.69, 9.17) is 10.5 Å². The van der Waals surface area contributed by atoms with Crippen molar-refractivity contribution >= 4 is 23.3 Å². The molecule has 39 heavy (non-hydrogen) atoms. The number of benzene rings is 2. The highest BCUT2D eigenvalue weighted by Gasteiger charge is 2.13. The van der Waals surface area contributed by atoms with Gasteiger partial charge in [0.25, 0.3) is 5.91 Å². The number of H-pyrrole nitrogens is 1. The molecule has 2 aromatic heterocycles. The van der Waals surface area contributed by atoms with Gasteiger partial charge in [-0.05, 0) is 54.1 Å². The van der Waals surface area contributed by atoms with Gasteiger partial charge in [-0.15, -0.1) is 0 Å². The summed E-state index contributed by atoms with van der Waals surface area (Å²) in [4.78, 5) is 32.3. The van der Waals surface area contributed by atoms with Crippen molar-refractivity contribution in [3.05, 3.63) is 90.0 Å². The lowest BCUT2D eigenvalue weighted by Crippen LogP contribution is -2.41. The van der Waals surface area contributed by atoms with Crippen LogP contribution in [0.3, 0.4) is 0 Å². The third-order valence-corrected chi connectivity index (χ3v) is 5.84. The van der Waals surface area contributed by atoms with Crippen molar-refractivity contribution in [3.8, 4) is 22.9 Å². The number of aromatic amines is 1. The molecule has 4 aromatic rings. The molecule has 0 aliphatic carbocycles. The Kier molecular flexibility index (Phi) is 8.87. The second-order valence-electron chi connectivity index (χ2n) is 8.52. The van der Waals surface area contributed by atoms with E-state index in [2.05, 4.69) is 26.0 Å². The van der Waals surface area contributed by atoms with E-state index in [1.54, 1.807) is 60.9 Å². The molecule has 10 nitrogen and oxygen atoms in total. The van der Waals surface area contributed by atoms with Crippen LogP contribution in [0, 0.1) is 5.82 Å². The van der Waals surface area contributed by atoms with E-state index < -0.39 is 11.8 Å². The highest BCUT2D eigenvalue weighted by atomic mass is 19.1. The molecule has 11 heteroatoms. The average molecular weight is 532 g/mol. The van der Waals surface area contributed by atoms with Crippen LogP contribution >= 0.6 is 0 Å². The van der Waals surface area contributed by atoms with Gasteiger partial charge in [0, 0.05) is 43.8 Å². The van der Waals surface area contributed by atoms with Crippen LogP contribution in [0.5, 0.6) is 11.5 Å². The van der Waals surface area contributed by atoms with E-state index in [9.17, 15) is 14.0 Å². The number of nitrogens with two attached hydrogens (primary N) is 1. The first-order valence-electron chi connectivity index (χ1n) is 12.4. The summed E-state index contributed by atoms with van der Waals surface area (Å²) in [5, 5.41) is 6.95. The van der Waals surface area contributed by atoms with Gasteiger partial charge in [0.15, 0.2) is 0 Å². The normalized spacial score (nSPS) is 10.8. The predicted octanol–water partition coefficient (Wildman–Crippen LogP) is 5.10. The van der Waals surface area contributed by atoms with Crippen molar-refractivity contribution in [2.45, 2.75) is 20.4 Å². The number of carbonyl (C=O) groups is 2. The molecule has 0 aliphatic rings. The summed E-state index contributed by atoms with van der Waals surface area (Å²) in [7, 11) is 0. The lowest BCUT2D eigenvalue weighted by atomic mass is 10.2. The molecule has 2 heterocycles. The van der Waals surface area contributed by atoms with Gasteiger partial charge in [-0.1, -0.05) is 19.9 Å². The molecule has 0 unspecified atom stereocenters. The number of carbonyl (C=O) groups excluding carboxylic acids is 2. The maximum Gasteiger partial charge on any atom is 0.323 e. The minimum absolute atomic E-state index is 0.0441. The Morgan fingerprint density at radius 3 is 2.49 bits per heavy atom. The molecule has 0 fully saturated rings. The van der Waals surface area contributed by atoms with E-state index in [1.165, 1.54) is 12.1 Å². The highest BCUT2D eigenvalue weighted by molar-refractivity contribution is 6.00. The topological polar surface area (TPSA) is 137 Å². The maximum atomic E-state index is 14.0. The number of ether oxygens (including phenoxy) is 1. The van der Waals surface area contributed by atoms with Gasteiger partial charge in [-0.3, -0.25) is 15.2 Å². The van der Waals surface area contributed by atoms with Crippen LogP contribution in [-0.2, 0) is 6.54 Å². The lowest BCUT2D eigenvalue weighted by molar-refractivity contribution is 0.0806. The van der Waals surface area contributed by atoms with E-state index in [0.29, 0.717) is 52.8 Å². The molecular weight excluding hydrogens is 501 g/mol. The fourth-order valence-electron chi connectivity index (χ4n) is 3.71. The number of anilines is 2. The Morgan fingerprint density at radius 2 is 1.77 bits per heavy atom. The average Bonchev–Trinajstić information content (AvgIpc) is 3.45. The van der Waals surface area contributed by atoms with Gasteiger partial charge < -0.3 is 26.1 Å². The van der Waals surface area contributed by atoms with Gasteiger partial charge in [0.2, 0.25) is 0 Å². The Bertz CT molecular complexity index is 1440. The van der Waals surface area contributed by atoms with E-state index in [-0.39, 0.29) is 18.1 Å². The molecule has 0 saturated carbocycles. The smallest absolute Gasteiger partial charge is 0.323 e. The number of hydrogen-bond donors (Lipinski definition) is 5. The van der Waals surface area contributed by atoms with Crippen LogP contribution in [-0.4, -0.2) is 40.0 Å². The van der Waals surface area contributed by atoms with Crippen LogP contribution in [0.2, 0.25) is 0 Å². The molecule has 6 N–H and O–H groups in total. The van der Waals surface area contributed by atoms with E-state index in [1.807, 2.05) is 18.9 Å². The lowest BCUT2D eigenvalue weighted by Gasteiger charge is -2.18. The number of halogens is 1. The zero-order valence-corrected chi connectivity index (χ0v) is 21.6. The number of aromatic nitrogens is 2. The van der Waals surface area contributed by atoms with Crippen LogP contribution in [0.15, 0.2) is 73.1 Å². The largest absolute Gasteiger partial charge is 0.457 e. The molecule has 0 saturated heterocycles. The molecule has 0 aliphatic heterocycles. The minimum atomic E-state index is -0.591. The molecule has 3 amide bonds. The number of nitrogens with zero attached hydrogens (tertiary/aromatic N) is 2. The fourth-order valence-corrected chi connectivity index (χ4v) is 3.71. The monoisotopic (exact) mass is 531 g/mol. The summed E-state index contributed by atoms with van der Waals surface area (Å²) in [6, 6.07) is 15.6. The SMILES string of the molecule is CCN(CC)NC(=O)c1c[nH]c(-c2cc(Oc3ccc(NC(=O)Nc4cc(CN)ccc4F)cc3)ccn2)c1. The fraction of sp³-hybridized carbons (Fsp3) is 0.179. The Labute approximate surface area is 225 Å². The second-order valence-corrected chi connectivity index (χ2v) is 8.52. The standard InChI is InChI=1S/C28H30FN7O3/c1-3-36(4-2)35-27(37)19-14-25(32-17-19)26-15-22(11-12-31-26)39-21-8-6-20(7-9-21)33-28(38)34-24-13-18(16-30)5-10-23(24)29/h5-15,17,32H,3-4,16,30H2,1-2H3,(H,35,37)(H2,33,34,38). The van der Waals surface area contributed by atoms with Gasteiger partial charge in [-0.2, -0.15) is 0 Å². The summed E-state index contributed by atoms with van der Waals surface area (Å²) in [6.45, 7) is 5.57. The Balaban J connectivity index is 1.37. The molecule has 0 radical (unpaired) electrons. The van der Waals surface area contributed by atoms with E-state index >= 15 is 0 Å². The Hall–Kier alpha value is -4.74. The summed E-state index contributed by atoms with van der Waals surface area (Å²) in [5.41, 5.74) is 11.4. The molecule has 0 spiro atoms. The molecular formula is C28H30FN7O3. The number of hydrazine groups is 1. The summed E-state index contributed by atoms with van der Waals surface area (Å²) < 4.78 is 19.9. The first-order chi connectivity index (χ1) is 18.9. The predicted molar refractivity (Wildman–Crippen MR) is 148 cm³/mol. The van der Waals surface area contributed by atoms with E-state index in [0.717, 1.165) is 0 Å². The van der Waals surface area contributed by atoms with Crippen molar-refractivity contribution in [1.29, 1.82) is 0 Å². The van der Waals surface area contributed by atoms with Gasteiger partial charge in [0.1, 0.15) is 17.3 Å². The van der Waals surface area contributed by atoms with Crippen molar-refractivity contribution in [2.75, 3.05) is 23.7 Å². The van der Waals surface area contributed by atoms with Crippen LogP contribution in [0.4, 0.5) is 20.6 Å². The third kappa shape index (κ3) is 7.18. The van der Waals surface area contributed by atoms with Crippen LogP contribution in [0.1, 0.15) is 29.8 Å². The number of nitrogens with one attached hydrogen (secondary N) is 4. The summed E-state index contributed by atoms with van der Waals surface area (Å²) in [6.07, 6.45) is 3.24. The highest BCUT2D eigenvalue weighted by Crippen LogP contribution is 2.27. The van der Waals surface area contributed by atoms with Gasteiger partial charge >= 0.3 is 6.03 Å². The number of hydrogen-bond acceptors (Lipinski definition) is 6. The quantitative estimate of drug-likeness (QED) is 0.181. The zero-order valence-electron chi connectivity index (χ0n) is 21.6. The van der Waals surface area contributed by atoms with Crippen LogP contribution in [0.25, 0.3) is 11.4 Å². The van der Waals surface area contributed by atoms with Gasteiger partial charge in [0.05, 0.1) is 22.6 Å². The third-order valence-electron chi connectivity index (χ3n) is 5.84. The maximum absolute atomic E-state index is 14.0.